The maximum Gasteiger partial charge on any atom is 1.00 e. The molecule has 0 aliphatic carbocycles. The summed E-state index contributed by atoms with van der Waals surface area (Å²) >= 11 is 0. The molecule has 0 atom stereocenters. The van der Waals surface area contributed by atoms with Gasteiger partial charge in [-0.1, -0.05) is 0 Å². The van der Waals surface area contributed by atoms with E-state index in [1.165, 1.54) is 0 Å². The van der Waals surface area contributed by atoms with Gasteiger partial charge in [-0.15, -0.1) is 0 Å². The van der Waals surface area contributed by atoms with E-state index in [-0.39, 0.29) is 50.6 Å². The molecule has 18 heavy (non-hydrogen) atoms. The first-order valence-electron chi connectivity index (χ1n) is 5.42. The molecule has 0 saturated carbocycles. The predicted molar refractivity (Wildman–Crippen MR) is 52.1 cm³/mol. The van der Waals surface area contributed by atoms with Gasteiger partial charge in [-0.3, -0.25) is 0 Å². The van der Waals surface area contributed by atoms with Crippen molar-refractivity contribution in [1.82, 2.24) is 9.80 Å². The first-order valence-corrected chi connectivity index (χ1v) is 5.42. The molecule has 0 bridgehead atoms. The van der Waals surface area contributed by atoms with Crippen LogP contribution < -0.4 is 47.9 Å². The van der Waals surface area contributed by atoms with E-state index < -0.39 is 11.9 Å². The van der Waals surface area contributed by atoms with Crippen LogP contribution in [-0.2, 0) is 9.59 Å². The summed E-state index contributed by atoms with van der Waals surface area (Å²) in [5.41, 5.74) is 0. The fourth-order valence-corrected chi connectivity index (χ4v) is 1.74. The molecule has 0 radical (unpaired) electrons. The van der Waals surface area contributed by atoms with Crippen molar-refractivity contribution in [2.24, 2.45) is 0 Å². The number of rotatable bonds is 6. The Morgan fingerprint density at radius 1 is 0.778 bits per heavy atom. The van der Waals surface area contributed by atoms with Gasteiger partial charge in [0.1, 0.15) is 0 Å². The Hall–Kier alpha value is 0.0548. The van der Waals surface area contributed by atoms with Gasteiger partial charge in [0, 0.05) is 51.2 Å². The van der Waals surface area contributed by atoms with Gasteiger partial charge in [-0.25, -0.2) is 0 Å². The van der Waals surface area contributed by atoms with E-state index in [1.807, 2.05) is 9.80 Å². The minimum Gasteiger partial charge on any atom is -0.550 e. The van der Waals surface area contributed by atoms with Crippen LogP contribution in [0.5, 0.6) is 0 Å². The van der Waals surface area contributed by atoms with Gasteiger partial charge in [-0.05, 0) is 12.8 Å². The molecule has 1 rings (SSSR count). The summed E-state index contributed by atoms with van der Waals surface area (Å²) in [5, 5.41) is 20.5. The minimum atomic E-state index is -1.03. The van der Waals surface area contributed by atoms with Crippen LogP contribution in [-0.4, -0.2) is 61.0 Å². The summed E-state index contributed by atoms with van der Waals surface area (Å²) in [7, 11) is 0. The summed E-state index contributed by atoms with van der Waals surface area (Å²) in [6.45, 7) is 4.13. The normalized spacial score (nSPS) is 16.4. The summed E-state index contributed by atoms with van der Waals surface area (Å²) in [4.78, 5) is 24.6. The average Bonchev–Trinajstić information content (AvgIpc) is 2.25. The largest absolute Gasteiger partial charge is 1.00 e. The summed E-state index contributed by atoms with van der Waals surface area (Å²) in [6, 6.07) is 0. The topological polar surface area (TPSA) is 86.7 Å². The molecule has 1 heterocycles. The molecule has 8 heteroatoms. The molecule has 0 N–H and O–H groups in total. The van der Waals surface area contributed by atoms with Crippen LogP contribution in [0, 0.1) is 0 Å². The maximum atomic E-state index is 10.3. The third-order valence-corrected chi connectivity index (χ3v) is 2.73. The van der Waals surface area contributed by atoms with Crippen molar-refractivity contribution in [2.75, 3.05) is 39.3 Å². The number of carboxylic acids is 2. The first-order chi connectivity index (χ1) is 7.58. The summed E-state index contributed by atoms with van der Waals surface area (Å²) in [6.07, 6.45) is 0.109. The number of piperazine rings is 1. The van der Waals surface area contributed by atoms with Crippen molar-refractivity contribution in [2.45, 2.75) is 12.8 Å². The predicted octanol–water partition coefficient (Wildman–Crippen LogP) is -9.11. The van der Waals surface area contributed by atoms with Gasteiger partial charge >= 0.3 is 37.7 Å². The SMILES string of the molecule is O=C([O-])CCN1CCN(CCC(=O)[O-])CC1.[Li+].[Li+]. The zero-order valence-electron chi connectivity index (χ0n) is 11.2. The molecule has 0 aromatic rings. The number of hydrogen-bond acceptors (Lipinski definition) is 6. The number of carbonyl (C=O) groups is 2. The minimum absolute atomic E-state index is 0. The van der Waals surface area contributed by atoms with Gasteiger partial charge in [-0.2, -0.15) is 0 Å². The van der Waals surface area contributed by atoms with E-state index in [1.54, 1.807) is 0 Å². The van der Waals surface area contributed by atoms with Gasteiger partial charge < -0.3 is 29.6 Å². The van der Waals surface area contributed by atoms with Crippen molar-refractivity contribution < 1.29 is 57.5 Å². The Morgan fingerprint density at radius 2 is 1.06 bits per heavy atom. The van der Waals surface area contributed by atoms with Gasteiger partial charge in [0.15, 0.2) is 0 Å². The Morgan fingerprint density at radius 3 is 1.28 bits per heavy atom. The quantitative estimate of drug-likeness (QED) is 0.430. The molecule has 1 saturated heterocycles. The molecule has 1 fully saturated rings. The average molecular weight is 242 g/mol. The van der Waals surface area contributed by atoms with Crippen molar-refractivity contribution in [3.05, 3.63) is 0 Å². The zero-order valence-corrected chi connectivity index (χ0v) is 11.2. The molecule has 92 valence electrons. The molecular formula is C10H16Li2N2O4. The summed E-state index contributed by atoms with van der Waals surface area (Å²) < 4.78 is 0. The van der Waals surface area contributed by atoms with E-state index in [9.17, 15) is 19.8 Å². The molecule has 0 aromatic carbocycles. The number of carboxylic acid groups (broad SMARTS) is 2. The van der Waals surface area contributed by atoms with E-state index in [2.05, 4.69) is 0 Å². The Balaban J connectivity index is 0. The van der Waals surface area contributed by atoms with Crippen LogP contribution in [0.3, 0.4) is 0 Å². The summed E-state index contributed by atoms with van der Waals surface area (Å²) in [5.74, 6) is -2.06. The Labute approximate surface area is 131 Å². The number of nitrogens with zero attached hydrogens (tertiary/aromatic N) is 2. The Kier molecular flexibility index (Phi) is 12.4. The van der Waals surface area contributed by atoms with E-state index in [4.69, 9.17) is 0 Å². The molecule has 6 nitrogen and oxygen atoms in total. The van der Waals surface area contributed by atoms with E-state index in [0.717, 1.165) is 26.2 Å². The molecule has 0 aromatic heterocycles. The van der Waals surface area contributed by atoms with Crippen molar-refractivity contribution >= 4 is 11.9 Å². The number of carbonyl (C=O) groups excluding carboxylic acids is 2. The van der Waals surface area contributed by atoms with Crippen LogP contribution in [0.15, 0.2) is 0 Å². The smallest absolute Gasteiger partial charge is 0.550 e. The van der Waals surface area contributed by atoms with Crippen LogP contribution in [0.2, 0.25) is 0 Å². The molecular weight excluding hydrogens is 226 g/mol. The molecule has 0 unspecified atom stereocenters. The van der Waals surface area contributed by atoms with Gasteiger partial charge in [0.2, 0.25) is 0 Å². The number of hydrogen-bond donors (Lipinski definition) is 0. The Bertz CT molecular complexity index is 232. The molecule has 1 aliphatic heterocycles. The van der Waals surface area contributed by atoms with Crippen LogP contribution in [0.1, 0.15) is 12.8 Å². The second-order valence-electron chi connectivity index (χ2n) is 3.93. The second-order valence-corrected chi connectivity index (χ2v) is 3.93. The van der Waals surface area contributed by atoms with E-state index in [0.29, 0.717) is 13.1 Å². The molecule has 0 spiro atoms. The molecule has 0 amide bonds. The van der Waals surface area contributed by atoms with Crippen LogP contribution in [0.25, 0.3) is 0 Å². The third-order valence-electron chi connectivity index (χ3n) is 2.73. The zero-order chi connectivity index (χ0) is 12.0. The van der Waals surface area contributed by atoms with Crippen LogP contribution in [0.4, 0.5) is 0 Å². The van der Waals surface area contributed by atoms with Crippen LogP contribution >= 0.6 is 0 Å². The van der Waals surface area contributed by atoms with Crippen molar-refractivity contribution in [3.63, 3.8) is 0 Å². The fourth-order valence-electron chi connectivity index (χ4n) is 1.74. The first kappa shape index (κ1) is 20.4. The fraction of sp³-hybridized carbons (Fsp3) is 0.800. The van der Waals surface area contributed by atoms with Crippen molar-refractivity contribution in [3.8, 4) is 0 Å². The van der Waals surface area contributed by atoms with Crippen molar-refractivity contribution in [1.29, 1.82) is 0 Å². The second kappa shape index (κ2) is 10.9. The third kappa shape index (κ3) is 9.05. The van der Waals surface area contributed by atoms with E-state index >= 15 is 0 Å². The molecule has 1 aliphatic rings. The van der Waals surface area contributed by atoms with Gasteiger partial charge in [0.25, 0.3) is 0 Å². The maximum absolute atomic E-state index is 10.3. The number of aliphatic carboxylic acids is 2. The standard InChI is InChI=1S/C10H18N2O4.2Li/c13-9(14)1-3-11-5-7-12(8-6-11)4-2-10(15)16;;/h1-8H2,(H,13,14)(H,15,16);;/q;2*+1/p-2. The monoisotopic (exact) mass is 242 g/mol. The van der Waals surface area contributed by atoms with Gasteiger partial charge in [0.05, 0.1) is 0 Å².